The van der Waals surface area contributed by atoms with Crippen LogP contribution in [0.2, 0.25) is 0 Å². The minimum atomic E-state index is -0.473. The van der Waals surface area contributed by atoms with Gasteiger partial charge in [-0.15, -0.1) is 21.5 Å². The monoisotopic (exact) mass is 479 g/mol. The molecule has 32 heavy (non-hydrogen) atoms. The topological polar surface area (TPSA) is 121 Å². The third-order valence-electron chi connectivity index (χ3n) is 4.13. The molecule has 0 bridgehead atoms. The second-order valence-electron chi connectivity index (χ2n) is 6.38. The maximum absolute atomic E-state index is 13.0. The molecule has 0 atom stereocenters. The Labute approximate surface area is 192 Å². The Morgan fingerprint density at radius 2 is 2.00 bits per heavy atom. The van der Waals surface area contributed by atoms with Crippen molar-refractivity contribution in [1.82, 2.24) is 14.9 Å². The van der Waals surface area contributed by atoms with Gasteiger partial charge in [-0.05, 0) is 43.7 Å². The van der Waals surface area contributed by atoms with Crippen molar-refractivity contribution in [3.05, 3.63) is 52.4 Å². The molecule has 0 fully saturated rings. The molecule has 0 aliphatic heterocycles. The van der Waals surface area contributed by atoms with E-state index in [0.717, 1.165) is 23.1 Å². The number of carbonyl (C=O) groups excluding carboxylic acids is 2. The minimum Gasteiger partial charge on any atom is -0.486 e. The lowest BCUT2D eigenvalue weighted by molar-refractivity contribution is -0.113. The lowest BCUT2D eigenvalue weighted by Gasteiger charge is -2.07. The molecule has 0 aliphatic rings. The molecule has 3 N–H and O–H groups in total. The van der Waals surface area contributed by atoms with Gasteiger partial charge < -0.3 is 20.6 Å². The van der Waals surface area contributed by atoms with Crippen LogP contribution < -0.4 is 15.9 Å². The Morgan fingerprint density at radius 3 is 2.69 bits per heavy atom. The van der Waals surface area contributed by atoms with Crippen molar-refractivity contribution in [2.45, 2.75) is 32.0 Å². The molecule has 2 heterocycles. The van der Waals surface area contributed by atoms with Gasteiger partial charge in [-0.25, -0.2) is 13.9 Å². The lowest BCUT2D eigenvalue weighted by Crippen LogP contribution is -2.18. The molecule has 0 radical (unpaired) electrons. The molecule has 1 amide bonds. The first-order valence-corrected chi connectivity index (χ1v) is 11.5. The quantitative estimate of drug-likeness (QED) is 0.258. The molecule has 3 aromatic rings. The van der Waals surface area contributed by atoms with Gasteiger partial charge in [-0.2, -0.15) is 0 Å². The van der Waals surface area contributed by atoms with Crippen molar-refractivity contribution in [2.24, 2.45) is 0 Å². The molecule has 170 valence electrons. The zero-order valence-corrected chi connectivity index (χ0v) is 19.1. The maximum atomic E-state index is 13.0. The van der Waals surface area contributed by atoms with Crippen molar-refractivity contribution in [2.75, 3.05) is 23.5 Å². The highest BCUT2D eigenvalue weighted by Crippen LogP contribution is 2.29. The number of aromatic nitrogens is 3. The van der Waals surface area contributed by atoms with E-state index in [4.69, 9.17) is 15.3 Å². The molecule has 3 rings (SSSR count). The summed E-state index contributed by atoms with van der Waals surface area (Å²) in [4.78, 5) is 25.5. The van der Waals surface area contributed by atoms with Crippen LogP contribution in [0.4, 0.5) is 9.39 Å². The summed E-state index contributed by atoms with van der Waals surface area (Å²) < 4.78 is 24.8. The van der Waals surface area contributed by atoms with Crippen LogP contribution in [-0.4, -0.2) is 39.1 Å². The first-order chi connectivity index (χ1) is 15.4. The summed E-state index contributed by atoms with van der Waals surface area (Å²) in [5, 5.41) is 11.5. The van der Waals surface area contributed by atoms with Crippen molar-refractivity contribution in [1.29, 1.82) is 0 Å². The number of nitrogens with zero attached hydrogens (tertiary/aromatic N) is 3. The summed E-state index contributed by atoms with van der Waals surface area (Å²) in [5.41, 5.74) is 0.342. The lowest BCUT2D eigenvalue weighted by atomic mass is 10.2. The molecule has 0 saturated heterocycles. The minimum absolute atomic E-state index is 0.00970. The highest BCUT2D eigenvalue weighted by molar-refractivity contribution is 7.99. The van der Waals surface area contributed by atoms with Gasteiger partial charge in [0.25, 0.3) is 0 Å². The fourth-order valence-electron chi connectivity index (χ4n) is 2.55. The largest absolute Gasteiger partial charge is 0.486 e. The Hall–Kier alpha value is -3.12. The molecule has 1 aromatic carbocycles. The summed E-state index contributed by atoms with van der Waals surface area (Å²) in [5.74, 6) is 5.64. The van der Waals surface area contributed by atoms with Crippen LogP contribution in [0.25, 0.3) is 0 Å². The SMILES string of the molecule is CCOC(=O)c1cc(CC)sc1NC(=O)CSc1nnc(COc2ccc(F)cc2)n1N. The van der Waals surface area contributed by atoms with E-state index < -0.39 is 5.97 Å². The Balaban J connectivity index is 1.57. The summed E-state index contributed by atoms with van der Waals surface area (Å²) >= 11 is 2.43. The third kappa shape index (κ3) is 5.98. The number of nitrogens with one attached hydrogen (secondary N) is 1. The van der Waals surface area contributed by atoms with E-state index >= 15 is 0 Å². The Kier molecular flexibility index (Phi) is 8.06. The number of benzene rings is 1. The zero-order chi connectivity index (χ0) is 23.1. The number of amides is 1. The number of thioether (sulfide) groups is 1. The van der Waals surface area contributed by atoms with Crippen LogP contribution in [0.5, 0.6) is 5.75 Å². The van der Waals surface area contributed by atoms with E-state index in [-0.39, 0.29) is 30.7 Å². The predicted octanol–water partition coefficient (Wildman–Crippen LogP) is 3.24. The molecular weight excluding hydrogens is 457 g/mol. The van der Waals surface area contributed by atoms with Gasteiger partial charge >= 0.3 is 5.97 Å². The highest BCUT2D eigenvalue weighted by atomic mass is 32.2. The molecule has 9 nitrogen and oxygen atoms in total. The van der Waals surface area contributed by atoms with E-state index in [1.165, 1.54) is 40.3 Å². The number of anilines is 1. The van der Waals surface area contributed by atoms with Gasteiger partial charge in [0.05, 0.1) is 17.9 Å². The second-order valence-corrected chi connectivity index (χ2v) is 8.46. The Bertz CT molecular complexity index is 1080. The normalized spacial score (nSPS) is 10.7. The number of ether oxygens (including phenoxy) is 2. The molecule has 0 saturated carbocycles. The third-order valence-corrected chi connectivity index (χ3v) is 6.27. The molecule has 12 heteroatoms. The number of aryl methyl sites for hydroxylation is 1. The van der Waals surface area contributed by atoms with Gasteiger partial charge in [0, 0.05) is 4.88 Å². The average molecular weight is 480 g/mol. The van der Waals surface area contributed by atoms with Crippen molar-refractivity contribution in [3.8, 4) is 5.75 Å². The van der Waals surface area contributed by atoms with Crippen LogP contribution in [-0.2, 0) is 22.6 Å². The number of thiophene rings is 1. The van der Waals surface area contributed by atoms with Crippen molar-refractivity contribution in [3.63, 3.8) is 0 Å². The molecule has 0 spiro atoms. The van der Waals surface area contributed by atoms with Crippen LogP contribution in [0, 0.1) is 5.82 Å². The van der Waals surface area contributed by atoms with Crippen LogP contribution in [0.1, 0.15) is 34.9 Å². The first-order valence-electron chi connectivity index (χ1n) is 9.71. The summed E-state index contributed by atoms with van der Waals surface area (Å²) in [7, 11) is 0. The molecule has 0 unspecified atom stereocenters. The van der Waals surface area contributed by atoms with E-state index in [0.29, 0.717) is 27.3 Å². The number of hydrogen-bond donors (Lipinski definition) is 2. The molecule has 2 aromatic heterocycles. The van der Waals surface area contributed by atoms with E-state index in [1.54, 1.807) is 13.0 Å². The number of hydrogen-bond acceptors (Lipinski definition) is 9. The van der Waals surface area contributed by atoms with Crippen LogP contribution in [0.15, 0.2) is 35.5 Å². The van der Waals surface area contributed by atoms with Gasteiger partial charge in [0.15, 0.2) is 5.82 Å². The average Bonchev–Trinajstić information content (AvgIpc) is 3.35. The number of carbonyl (C=O) groups is 2. The summed E-state index contributed by atoms with van der Waals surface area (Å²) in [6.45, 7) is 3.97. The highest BCUT2D eigenvalue weighted by Gasteiger charge is 2.19. The molecule has 0 aliphatic carbocycles. The first kappa shape index (κ1) is 23.5. The number of rotatable bonds is 10. The van der Waals surface area contributed by atoms with Gasteiger partial charge in [0.2, 0.25) is 11.1 Å². The number of nitrogen functional groups attached to an aromatic ring is 1. The number of nitrogens with two attached hydrogens (primary N) is 1. The fourth-order valence-corrected chi connectivity index (χ4v) is 4.22. The smallest absolute Gasteiger partial charge is 0.341 e. The maximum Gasteiger partial charge on any atom is 0.341 e. The number of esters is 1. The summed E-state index contributed by atoms with van der Waals surface area (Å²) in [6, 6.07) is 7.28. The van der Waals surface area contributed by atoms with Gasteiger partial charge in [-0.3, -0.25) is 4.79 Å². The van der Waals surface area contributed by atoms with E-state index in [2.05, 4.69) is 15.5 Å². The number of halogens is 1. The van der Waals surface area contributed by atoms with Gasteiger partial charge in [0.1, 0.15) is 23.2 Å². The van der Waals surface area contributed by atoms with E-state index in [9.17, 15) is 14.0 Å². The zero-order valence-electron chi connectivity index (χ0n) is 17.5. The van der Waals surface area contributed by atoms with E-state index in [1.807, 2.05) is 6.92 Å². The van der Waals surface area contributed by atoms with Crippen LogP contribution in [0.3, 0.4) is 0 Å². The molecular formula is C20H22FN5O4S2. The second kappa shape index (κ2) is 11.0. The summed E-state index contributed by atoms with van der Waals surface area (Å²) in [6.07, 6.45) is 0.737. The van der Waals surface area contributed by atoms with Crippen molar-refractivity contribution >= 4 is 40.0 Å². The predicted molar refractivity (Wildman–Crippen MR) is 120 cm³/mol. The van der Waals surface area contributed by atoms with Gasteiger partial charge in [-0.1, -0.05) is 18.7 Å². The Morgan fingerprint density at radius 1 is 1.25 bits per heavy atom. The van der Waals surface area contributed by atoms with Crippen LogP contribution >= 0.6 is 23.1 Å². The standard InChI is InChI=1S/C20H22FN5O4S2/c1-3-14-9-15(19(28)29-4-2)18(32-14)23-17(27)11-31-20-25-24-16(26(20)22)10-30-13-7-5-12(21)6-8-13/h5-9H,3-4,10-11,22H2,1-2H3,(H,23,27). The van der Waals surface area contributed by atoms with Crippen molar-refractivity contribution < 1.29 is 23.5 Å². The fraction of sp³-hybridized carbons (Fsp3) is 0.300.